The average molecular weight is 290 g/mol. The Morgan fingerprint density at radius 3 is 2.24 bits per heavy atom. The smallest absolute Gasteiger partial charge is 0.234 e. The van der Waals surface area contributed by atoms with E-state index in [0.717, 1.165) is 5.56 Å². The molecular weight excluding hydrogens is 264 g/mol. The summed E-state index contributed by atoms with van der Waals surface area (Å²) in [6.07, 6.45) is 0. The molecule has 1 amide bonds. The van der Waals surface area contributed by atoms with E-state index < -0.39 is 0 Å². The van der Waals surface area contributed by atoms with Gasteiger partial charge in [0.1, 0.15) is 0 Å². The van der Waals surface area contributed by atoms with E-state index in [1.165, 1.54) is 0 Å². The van der Waals surface area contributed by atoms with Crippen LogP contribution in [-0.2, 0) is 4.79 Å². The fraction of sp³-hybridized carbons (Fsp3) is 0.529. The molecule has 1 aromatic carbocycles. The van der Waals surface area contributed by atoms with Gasteiger partial charge in [-0.3, -0.25) is 14.5 Å². The highest BCUT2D eigenvalue weighted by Gasteiger charge is 2.21. The van der Waals surface area contributed by atoms with Crippen molar-refractivity contribution >= 4 is 11.7 Å². The van der Waals surface area contributed by atoms with E-state index in [9.17, 15) is 9.59 Å². The molecule has 0 heterocycles. The second-order valence-corrected chi connectivity index (χ2v) is 6.02. The molecule has 1 rings (SSSR count). The quantitative estimate of drug-likeness (QED) is 0.784. The molecule has 0 aliphatic carbocycles. The Kier molecular flexibility index (Phi) is 6.56. The van der Waals surface area contributed by atoms with Crippen LogP contribution < -0.4 is 5.32 Å². The zero-order chi connectivity index (χ0) is 16.0. The minimum absolute atomic E-state index is 0.0363. The van der Waals surface area contributed by atoms with E-state index in [-0.39, 0.29) is 24.3 Å². The lowest BCUT2D eigenvalue weighted by atomic mass is 10.0. The lowest BCUT2D eigenvalue weighted by molar-refractivity contribution is -0.122. The standard InChI is InChI=1S/C17H26N2O2/c1-12(2)10-18-16(20)11-19(5)14(4)17(21)15-8-6-13(3)7-9-15/h6-9,12,14H,10-11H2,1-5H3,(H,18,20). The molecule has 1 unspecified atom stereocenters. The first-order valence-electron chi connectivity index (χ1n) is 7.39. The number of aryl methyl sites for hydroxylation is 1. The second-order valence-electron chi connectivity index (χ2n) is 6.02. The minimum atomic E-state index is -0.322. The Hall–Kier alpha value is -1.68. The molecule has 0 aliphatic rings. The van der Waals surface area contributed by atoms with Crippen LogP contribution in [0.25, 0.3) is 0 Å². The van der Waals surface area contributed by atoms with Gasteiger partial charge in [-0.2, -0.15) is 0 Å². The number of Topliss-reactive ketones (excluding diaryl/α,β-unsaturated/α-hetero) is 1. The molecule has 0 saturated heterocycles. The summed E-state index contributed by atoms with van der Waals surface area (Å²) in [4.78, 5) is 25.9. The highest BCUT2D eigenvalue weighted by molar-refractivity contribution is 6.00. The molecule has 1 aromatic rings. The average Bonchev–Trinajstić information content (AvgIpc) is 2.44. The molecule has 4 nitrogen and oxygen atoms in total. The van der Waals surface area contributed by atoms with Crippen LogP contribution in [0.4, 0.5) is 0 Å². The van der Waals surface area contributed by atoms with Gasteiger partial charge < -0.3 is 5.32 Å². The zero-order valence-electron chi connectivity index (χ0n) is 13.6. The summed E-state index contributed by atoms with van der Waals surface area (Å²) in [5.41, 5.74) is 1.81. The number of ketones is 1. The Labute approximate surface area is 127 Å². The summed E-state index contributed by atoms with van der Waals surface area (Å²) < 4.78 is 0. The summed E-state index contributed by atoms with van der Waals surface area (Å²) in [5.74, 6) is 0.412. The monoisotopic (exact) mass is 290 g/mol. The van der Waals surface area contributed by atoms with Crippen LogP contribution in [-0.4, -0.2) is 42.8 Å². The first kappa shape index (κ1) is 17.4. The molecule has 0 spiro atoms. The number of benzene rings is 1. The summed E-state index contributed by atoms with van der Waals surface area (Å²) in [6, 6.07) is 7.20. The largest absolute Gasteiger partial charge is 0.355 e. The third-order valence-electron chi connectivity index (χ3n) is 3.48. The maximum absolute atomic E-state index is 12.4. The van der Waals surface area contributed by atoms with Gasteiger partial charge in [-0.05, 0) is 26.8 Å². The van der Waals surface area contributed by atoms with E-state index in [2.05, 4.69) is 5.32 Å². The number of carbonyl (C=O) groups is 2. The van der Waals surface area contributed by atoms with Gasteiger partial charge in [-0.1, -0.05) is 43.7 Å². The normalized spacial score (nSPS) is 12.5. The van der Waals surface area contributed by atoms with Crippen molar-refractivity contribution in [3.8, 4) is 0 Å². The molecule has 1 N–H and O–H groups in total. The van der Waals surface area contributed by atoms with E-state index in [1.54, 1.807) is 11.9 Å². The van der Waals surface area contributed by atoms with Gasteiger partial charge in [-0.25, -0.2) is 0 Å². The summed E-state index contributed by atoms with van der Waals surface area (Å²) >= 11 is 0. The number of carbonyl (C=O) groups excluding carboxylic acids is 2. The van der Waals surface area contributed by atoms with Crippen molar-refractivity contribution in [3.63, 3.8) is 0 Å². The fourth-order valence-electron chi connectivity index (χ4n) is 1.90. The Balaban J connectivity index is 2.57. The van der Waals surface area contributed by atoms with Crippen molar-refractivity contribution < 1.29 is 9.59 Å². The van der Waals surface area contributed by atoms with E-state index in [4.69, 9.17) is 0 Å². The third kappa shape index (κ3) is 5.68. The summed E-state index contributed by atoms with van der Waals surface area (Å²) in [5, 5.41) is 2.86. The highest BCUT2D eigenvalue weighted by atomic mass is 16.2. The number of hydrogen-bond acceptors (Lipinski definition) is 3. The summed E-state index contributed by atoms with van der Waals surface area (Å²) in [6.45, 7) is 8.81. The molecule has 0 fully saturated rings. The molecule has 116 valence electrons. The Bertz CT molecular complexity index is 480. The first-order chi connectivity index (χ1) is 9.81. The van der Waals surface area contributed by atoms with Gasteiger partial charge in [0.25, 0.3) is 0 Å². The number of rotatable bonds is 7. The van der Waals surface area contributed by atoms with Gasteiger partial charge in [0.05, 0.1) is 12.6 Å². The number of nitrogens with zero attached hydrogens (tertiary/aromatic N) is 1. The van der Waals surface area contributed by atoms with Crippen LogP contribution >= 0.6 is 0 Å². The van der Waals surface area contributed by atoms with Crippen LogP contribution in [0, 0.1) is 12.8 Å². The Morgan fingerprint density at radius 1 is 1.14 bits per heavy atom. The van der Waals surface area contributed by atoms with Gasteiger partial charge in [0, 0.05) is 12.1 Å². The van der Waals surface area contributed by atoms with Gasteiger partial charge >= 0.3 is 0 Å². The molecular formula is C17H26N2O2. The topological polar surface area (TPSA) is 49.4 Å². The van der Waals surface area contributed by atoms with Crippen molar-refractivity contribution in [1.82, 2.24) is 10.2 Å². The SMILES string of the molecule is Cc1ccc(C(=O)C(C)N(C)CC(=O)NCC(C)C)cc1. The fourth-order valence-corrected chi connectivity index (χ4v) is 1.90. The molecule has 4 heteroatoms. The molecule has 0 aliphatic heterocycles. The van der Waals surface area contributed by atoms with Crippen molar-refractivity contribution in [3.05, 3.63) is 35.4 Å². The number of nitrogens with one attached hydrogen (secondary N) is 1. The molecule has 0 radical (unpaired) electrons. The Morgan fingerprint density at radius 2 is 1.71 bits per heavy atom. The van der Waals surface area contributed by atoms with Gasteiger partial charge in [0.2, 0.25) is 5.91 Å². The van der Waals surface area contributed by atoms with Gasteiger partial charge in [0.15, 0.2) is 5.78 Å². The van der Waals surface area contributed by atoms with Crippen LogP contribution in [0.2, 0.25) is 0 Å². The minimum Gasteiger partial charge on any atom is -0.355 e. The third-order valence-corrected chi connectivity index (χ3v) is 3.48. The molecule has 21 heavy (non-hydrogen) atoms. The highest BCUT2D eigenvalue weighted by Crippen LogP contribution is 2.09. The van der Waals surface area contributed by atoms with Crippen LogP contribution in [0.1, 0.15) is 36.7 Å². The van der Waals surface area contributed by atoms with E-state index >= 15 is 0 Å². The molecule has 0 saturated carbocycles. The van der Waals surface area contributed by atoms with Crippen LogP contribution in [0.15, 0.2) is 24.3 Å². The predicted molar refractivity (Wildman–Crippen MR) is 85.4 cm³/mol. The maximum atomic E-state index is 12.4. The number of hydrogen-bond donors (Lipinski definition) is 1. The number of amides is 1. The van der Waals surface area contributed by atoms with Crippen LogP contribution in [0.5, 0.6) is 0 Å². The zero-order valence-corrected chi connectivity index (χ0v) is 13.6. The van der Waals surface area contributed by atoms with E-state index in [1.807, 2.05) is 52.0 Å². The van der Waals surface area contributed by atoms with Crippen molar-refractivity contribution in [1.29, 1.82) is 0 Å². The van der Waals surface area contributed by atoms with Crippen LogP contribution in [0.3, 0.4) is 0 Å². The lowest BCUT2D eigenvalue weighted by Crippen LogP contribution is -2.43. The second kappa shape index (κ2) is 7.93. The molecule has 0 aromatic heterocycles. The van der Waals surface area contributed by atoms with E-state index in [0.29, 0.717) is 18.0 Å². The molecule has 1 atom stereocenters. The predicted octanol–water partition coefficient (Wildman–Crippen LogP) is 2.27. The summed E-state index contributed by atoms with van der Waals surface area (Å²) in [7, 11) is 1.80. The van der Waals surface area contributed by atoms with Gasteiger partial charge in [-0.15, -0.1) is 0 Å². The van der Waals surface area contributed by atoms with Crippen molar-refractivity contribution in [2.24, 2.45) is 5.92 Å². The number of likely N-dealkylation sites (N-methyl/N-ethyl adjacent to an activating group) is 1. The van der Waals surface area contributed by atoms with Crippen molar-refractivity contribution in [2.45, 2.75) is 33.7 Å². The first-order valence-corrected chi connectivity index (χ1v) is 7.39. The molecule has 0 bridgehead atoms. The van der Waals surface area contributed by atoms with Crippen molar-refractivity contribution in [2.75, 3.05) is 20.1 Å². The lowest BCUT2D eigenvalue weighted by Gasteiger charge is -2.23. The maximum Gasteiger partial charge on any atom is 0.234 e.